The van der Waals surface area contributed by atoms with E-state index in [1.54, 1.807) is 12.1 Å². The van der Waals surface area contributed by atoms with E-state index in [2.05, 4.69) is 32.7 Å². The molecule has 3 aromatic carbocycles. The van der Waals surface area contributed by atoms with E-state index in [4.69, 9.17) is 4.98 Å². The van der Waals surface area contributed by atoms with Crippen LogP contribution >= 0.6 is 0 Å². The minimum absolute atomic E-state index is 0.0113. The van der Waals surface area contributed by atoms with Gasteiger partial charge >= 0.3 is 6.18 Å². The van der Waals surface area contributed by atoms with Gasteiger partial charge in [0.1, 0.15) is 5.82 Å². The largest absolute Gasteiger partial charge is 0.419 e. The summed E-state index contributed by atoms with van der Waals surface area (Å²) in [4.78, 5) is 24.6. The molecule has 1 aliphatic carbocycles. The Hall–Kier alpha value is -4.31. The number of nitrogens with zero attached hydrogens (tertiary/aromatic N) is 3. The lowest BCUT2D eigenvalue weighted by Crippen LogP contribution is -2.22. The van der Waals surface area contributed by atoms with Gasteiger partial charge in [-0.1, -0.05) is 42.5 Å². The molecule has 2 N–H and O–H groups in total. The van der Waals surface area contributed by atoms with Gasteiger partial charge in [-0.3, -0.25) is 4.79 Å². The summed E-state index contributed by atoms with van der Waals surface area (Å²) in [6.45, 7) is 4.25. The quantitative estimate of drug-likeness (QED) is 0.169. The highest BCUT2D eigenvalue weighted by Gasteiger charge is 2.35. The molecule has 0 bridgehead atoms. The molecule has 6 rings (SSSR count). The number of anilines is 2. The number of amides is 1. The van der Waals surface area contributed by atoms with E-state index in [1.165, 1.54) is 25.9 Å². The van der Waals surface area contributed by atoms with Crippen molar-refractivity contribution in [1.82, 2.24) is 14.9 Å². The van der Waals surface area contributed by atoms with E-state index in [1.807, 2.05) is 30.5 Å². The zero-order chi connectivity index (χ0) is 30.0. The molecule has 2 heterocycles. The maximum atomic E-state index is 14.5. The van der Waals surface area contributed by atoms with Gasteiger partial charge in [0.25, 0.3) is 5.91 Å². The van der Waals surface area contributed by atoms with Crippen molar-refractivity contribution in [3.63, 3.8) is 0 Å². The number of likely N-dealkylation sites (tertiary alicyclic amines) is 1. The number of halogens is 4. The van der Waals surface area contributed by atoms with E-state index in [0.29, 0.717) is 24.1 Å². The third-order valence-electron chi connectivity index (χ3n) is 8.13. The molecule has 10 heteroatoms. The van der Waals surface area contributed by atoms with Crippen LogP contribution in [0.1, 0.15) is 57.8 Å². The van der Waals surface area contributed by atoms with Crippen LogP contribution in [-0.2, 0) is 12.6 Å². The zero-order valence-electron chi connectivity index (χ0n) is 23.4. The van der Waals surface area contributed by atoms with E-state index < -0.39 is 29.0 Å². The van der Waals surface area contributed by atoms with Crippen LogP contribution in [0.3, 0.4) is 0 Å². The molecule has 0 spiro atoms. The summed E-state index contributed by atoms with van der Waals surface area (Å²) in [5, 5.41) is 5.89. The second kappa shape index (κ2) is 12.1. The van der Waals surface area contributed by atoms with E-state index in [0.717, 1.165) is 59.6 Å². The first kappa shape index (κ1) is 28.8. The fourth-order valence-electron chi connectivity index (χ4n) is 5.95. The lowest BCUT2D eigenvalue weighted by atomic mass is 9.78. The van der Waals surface area contributed by atoms with Crippen molar-refractivity contribution < 1.29 is 22.4 Å². The van der Waals surface area contributed by atoms with Crippen molar-refractivity contribution in [3.8, 4) is 11.3 Å². The number of hydrogen-bond donors (Lipinski definition) is 2. The molecule has 0 radical (unpaired) electrons. The van der Waals surface area contributed by atoms with Crippen LogP contribution in [0.5, 0.6) is 0 Å². The smallest absolute Gasteiger partial charge is 0.354 e. The summed E-state index contributed by atoms with van der Waals surface area (Å²) in [5.74, 6) is -1.92. The highest BCUT2D eigenvalue weighted by Crippen LogP contribution is 2.42. The van der Waals surface area contributed by atoms with Crippen molar-refractivity contribution in [1.29, 1.82) is 0 Å². The number of aromatic nitrogens is 2. The van der Waals surface area contributed by atoms with Gasteiger partial charge < -0.3 is 15.5 Å². The van der Waals surface area contributed by atoms with Crippen molar-refractivity contribution >= 4 is 17.5 Å². The summed E-state index contributed by atoms with van der Waals surface area (Å²) in [6.07, 6.45) is 1.27. The van der Waals surface area contributed by atoms with E-state index in [9.17, 15) is 22.4 Å². The number of nitrogens with one attached hydrogen (secondary N) is 2. The fourth-order valence-corrected chi connectivity index (χ4v) is 5.95. The normalized spacial score (nSPS) is 16.4. The average Bonchev–Trinajstić information content (AvgIpc) is 3.52. The number of carbonyl (C=O) groups excluding carboxylic acids is 1. The molecule has 1 saturated heterocycles. The zero-order valence-corrected chi connectivity index (χ0v) is 23.4. The Morgan fingerprint density at radius 3 is 2.51 bits per heavy atom. The van der Waals surface area contributed by atoms with Gasteiger partial charge in [-0.05, 0) is 86.3 Å². The second-order valence-corrected chi connectivity index (χ2v) is 11.0. The summed E-state index contributed by atoms with van der Waals surface area (Å²) < 4.78 is 53.7. The van der Waals surface area contributed by atoms with Crippen LogP contribution in [0, 0.1) is 5.82 Å². The first-order chi connectivity index (χ1) is 20.8. The van der Waals surface area contributed by atoms with Gasteiger partial charge in [-0.2, -0.15) is 13.2 Å². The van der Waals surface area contributed by atoms with Gasteiger partial charge in [-0.15, -0.1) is 0 Å². The van der Waals surface area contributed by atoms with E-state index in [-0.39, 0.29) is 5.92 Å². The minimum Gasteiger partial charge on any atom is -0.354 e. The van der Waals surface area contributed by atoms with Crippen molar-refractivity contribution in [2.75, 3.05) is 36.8 Å². The van der Waals surface area contributed by atoms with Gasteiger partial charge in [0.2, 0.25) is 5.95 Å². The van der Waals surface area contributed by atoms with Crippen LogP contribution in [0.25, 0.3) is 11.3 Å². The molecular formula is C33H31F4N5O. The van der Waals surface area contributed by atoms with Crippen LogP contribution < -0.4 is 10.6 Å². The summed E-state index contributed by atoms with van der Waals surface area (Å²) in [6, 6.07) is 17.8. The van der Waals surface area contributed by atoms with Gasteiger partial charge in [0, 0.05) is 29.9 Å². The summed E-state index contributed by atoms with van der Waals surface area (Å²) in [7, 11) is 0. The number of benzene rings is 3. The van der Waals surface area contributed by atoms with Crippen LogP contribution in [0.4, 0.5) is 29.2 Å². The number of hydrogen-bond acceptors (Lipinski definition) is 5. The number of rotatable bonds is 8. The van der Waals surface area contributed by atoms with Crippen LogP contribution in [0.2, 0.25) is 0 Å². The average molecular weight is 590 g/mol. The third kappa shape index (κ3) is 6.24. The second-order valence-electron chi connectivity index (χ2n) is 11.0. The Kier molecular flexibility index (Phi) is 8.12. The maximum Gasteiger partial charge on any atom is 0.419 e. The molecule has 1 amide bonds. The fraction of sp³-hybridized carbons (Fsp3) is 0.303. The molecule has 1 atom stereocenters. The molecule has 43 heavy (non-hydrogen) atoms. The topological polar surface area (TPSA) is 70.2 Å². The summed E-state index contributed by atoms with van der Waals surface area (Å²) in [5.41, 5.74) is 3.29. The number of carbonyl (C=O) groups is 1. The molecule has 0 saturated carbocycles. The van der Waals surface area contributed by atoms with Crippen molar-refractivity contribution in [2.45, 2.75) is 37.8 Å². The Labute approximate surface area is 247 Å². The SMILES string of the molecule is O=C(Nc1ccc(C2Cc3cnc(NCCCN4CCCC4)nc3-c3ccccc32)cc1)c1cccc(C(F)(F)F)c1F. The summed E-state index contributed by atoms with van der Waals surface area (Å²) >= 11 is 0. The highest BCUT2D eigenvalue weighted by molar-refractivity contribution is 6.04. The van der Waals surface area contributed by atoms with Crippen LogP contribution in [0.15, 0.2) is 72.9 Å². The minimum atomic E-state index is -4.90. The molecule has 6 nitrogen and oxygen atoms in total. The molecule has 1 fully saturated rings. The monoisotopic (exact) mass is 589 g/mol. The Balaban J connectivity index is 1.16. The number of alkyl halides is 3. The van der Waals surface area contributed by atoms with Gasteiger partial charge in [0.05, 0.1) is 16.8 Å². The van der Waals surface area contributed by atoms with Crippen molar-refractivity contribution in [2.24, 2.45) is 0 Å². The van der Waals surface area contributed by atoms with Crippen molar-refractivity contribution in [3.05, 3.63) is 107 Å². The Morgan fingerprint density at radius 1 is 0.977 bits per heavy atom. The Morgan fingerprint density at radius 2 is 1.74 bits per heavy atom. The molecule has 4 aromatic rings. The van der Waals surface area contributed by atoms with Gasteiger partial charge in [-0.25, -0.2) is 14.4 Å². The first-order valence-electron chi connectivity index (χ1n) is 14.5. The predicted octanol–water partition coefficient (Wildman–Crippen LogP) is 7.14. The maximum absolute atomic E-state index is 14.5. The molecule has 222 valence electrons. The number of fused-ring (bicyclic) bond motifs is 3. The Bertz CT molecular complexity index is 1620. The van der Waals surface area contributed by atoms with Gasteiger partial charge in [0.15, 0.2) is 0 Å². The molecule has 1 aliphatic heterocycles. The van der Waals surface area contributed by atoms with Crippen LogP contribution in [-0.4, -0.2) is 47.0 Å². The highest BCUT2D eigenvalue weighted by atomic mass is 19.4. The predicted molar refractivity (Wildman–Crippen MR) is 158 cm³/mol. The lowest BCUT2D eigenvalue weighted by molar-refractivity contribution is -0.140. The molecule has 1 aromatic heterocycles. The molecule has 2 aliphatic rings. The molecular weight excluding hydrogens is 558 g/mol. The lowest BCUT2D eigenvalue weighted by Gasteiger charge is -2.27. The molecule has 1 unspecified atom stereocenters. The standard InChI is InChI=1S/C33H31F4N5O/c34-29-26(9-5-10-28(29)33(35,36)37)31(43)40-23-13-11-21(12-14-23)27-19-22-20-39-32(38-15-6-18-42-16-3-4-17-42)41-30(22)25-8-2-1-7-24(25)27/h1-2,5,7-14,20,27H,3-4,6,15-19H2,(H,40,43)(H,38,39,41). The third-order valence-corrected chi connectivity index (χ3v) is 8.13. The first-order valence-corrected chi connectivity index (χ1v) is 14.5. The van der Waals surface area contributed by atoms with E-state index >= 15 is 0 Å².